The van der Waals surface area contributed by atoms with Crippen LogP contribution in [0.15, 0.2) is 67.0 Å². The standard InChI is InChI=1S/C40H44Cl2N4O4/c1-28-34(9-6-11-37(28)48-17-7-15-46-16-12-33(47)25-46)35-10-5-8-31(40(35)42)27-50-39-20-38(49-26-30-18-29(21-43)22-44-23-30)32(19-36(39)41)24-45-13-3-2-4-14-45/h5-6,8-11,18-20,22-23,33,47H,2-4,7,12-17,24-27H2,1H3. The summed E-state index contributed by atoms with van der Waals surface area (Å²) in [6.45, 7) is 8.54. The van der Waals surface area contributed by atoms with Gasteiger partial charge in [0.05, 0.1) is 28.3 Å². The van der Waals surface area contributed by atoms with Gasteiger partial charge >= 0.3 is 0 Å². The van der Waals surface area contributed by atoms with Gasteiger partial charge in [0.25, 0.3) is 0 Å². The summed E-state index contributed by atoms with van der Waals surface area (Å²) in [7, 11) is 0. The van der Waals surface area contributed by atoms with Gasteiger partial charge in [-0.05, 0) is 75.0 Å². The van der Waals surface area contributed by atoms with E-state index >= 15 is 0 Å². The van der Waals surface area contributed by atoms with Gasteiger partial charge in [-0.3, -0.25) is 9.88 Å². The van der Waals surface area contributed by atoms with Crippen molar-refractivity contribution in [3.8, 4) is 34.4 Å². The van der Waals surface area contributed by atoms with E-state index in [1.165, 1.54) is 25.5 Å². The minimum atomic E-state index is -0.206. The number of aromatic nitrogens is 1. The molecule has 50 heavy (non-hydrogen) atoms. The highest BCUT2D eigenvalue weighted by Crippen LogP contribution is 2.38. The highest BCUT2D eigenvalue weighted by molar-refractivity contribution is 6.34. The average Bonchev–Trinajstić information content (AvgIpc) is 3.55. The molecule has 1 aromatic heterocycles. The minimum Gasteiger partial charge on any atom is -0.493 e. The van der Waals surface area contributed by atoms with Gasteiger partial charge in [0.2, 0.25) is 0 Å². The second-order valence-corrected chi connectivity index (χ2v) is 13.9. The van der Waals surface area contributed by atoms with Crippen LogP contribution in [0.2, 0.25) is 10.0 Å². The average molecular weight is 716 g/mol. The first-order valence-electron chi connectivity index (χ1n) is 17.4. The number of likely N-dealkylation sites (tertiary alicyclic amines) is 2. The fraction of sp³-hybridized carbons (Fsp3) is 0.400. The number of aliphatic hydroxyl groups is 1. The van der Waals surface area contributed by atoms with Crippen LogP contribution >= 0.6 is 23.2 Å². The number of piperidine rings is 1. The maximum atomic E-state index is 9.78. The summed E-state index contributed by atoms with van der Waals surface area (Å²) in [6, 6.07) is 19.7. The monoisotopic (exact) mass is 714 g/mol. The van der Waals surface area contributed by atoms with E-state index < -0.39 is 0 Å². The fourth-order valence-corrected chi connectivity index (χ4v) is 7.22. The van der Waals surface area contributed by atoms with Crippen LogP contribution in [0.3, 0.4) is 0 Å². The van der Waals surface area contributed by atoms with Crippen LogP contribution in [0.4, 0.5) is 0 Å². The van der Waals surface area contributed by atoms with Crippen LogP contribution < -0.4 is 14.2 Å². The molecule has 2 fully saturated rings. The Morgan fingerprint density at radius 1 is 0.860 bits per heavy atom. The number of halogens is 2. The van der Waals surface area contributed by atoms with E-state index in [1.54, 1.807) is 12.3 Å². The summed E-state index contributed by atoms with van der Waals surface area (Å²) in [4.78, 5) is 8.88. The molecule has 0 bridgehead atoms. The number of pyridine rings is 1. The third-order valence-corrected chi connectivity index (χ3v) is 10.2. The number of ether oxygens (including phenoxy) is 3. The van der Waals surface area contributed by atoms with Gasteiger partial charge in [0.15, 0.2) is 0 Å². The molecule has 6 rings (SSSR count). The zero-order chi connectivity index (χ0) is 34.9. The maximum Gasteiger partial charge on any atom is 0.142 e. The van der Waals surface area contributed by atoms with E-state index in [2.05, 4.69) is 33.8 Å². The summed E-state index contributed by atoms with van der Waals surface area (Å²) in [5, 5.41) is 20.2. The first-order chi connectivity index (χ1) is 24.4. The topological polar surface area (TPSA) is 91.1 Å². The number of β-amino-alcohol motifs (C(OH)–C–C–N with tert-alkyl or cyclic N) is 1. The molecule has 2 aliphatic rings. The van der Waals surface area contributed by atoms with E-state index in [4.69, 9.17) is 37.4 Å². The molecule has 1 atom stereocenters. The summed E-state index contributed by atoms with van der Waals surface area (Å²) in [5.41, 5.74) is 6.04. The minimum absolute atomic E-state index is 0.206. The first kappa shape index (κ1) is 36.0. The third-order valence-electron chi connectivity index (χ3n) is 9.44. The zero-order valence-corrected chi connectivity index (χ0v) is 30.1. The summed E-state index contributed by atoms with van der Waals surface area (Å²) in [6.07, 6.45) is 8.39. The van der Waals surface area contributed by atoms with Crippen LogP contribution in [0.5, 0.6) is 17.2 Å². The zero-order valence-electron chi connectivity index (χ0n) is 28.5. The molecular weight excluding hydrogens is 671 g/mol. The van der Waals surface area contributed by atoms with Gasteiger partial charge in [-0.15, -0.1) is 0 Å². The van der Waals surface area contributed by atoms with E-state index in [0.717, 1.165) is 91.2 Å². The number of aliphatic hydroxyl groups excluding tert-OH is 1. The van der Waals surface area contributed by atoms with Crippen molar-refractivity contribution < 1.29 is 19.3 Å². The maximum absolute atomic E-state index is 9.78. The SMILES string of the molecule is Cc1c(OCCCN2CCC(O)C2)cccc1-c1cccc(COc2cc(OCc3cncc(C#N)c3)c(CN3CCCCC3)cc2Cl)c1Cl. The van der Waals surface area contributed by atoms with Crippen molar-refractivity contribution in [3.63, 3.8) is 0 Å². The molecule has 2 saturated heterocycles. The second kappa shape index (κ2) is 17.4. The summed E-state index contributed by atoms with van der Waals surface area (Å²) >= 11 is 13.9. The van der Waals surface area contributed by atoms with Crippen molar-refractivity contribution >= 4 is 23.2 Å². The predicted molar refractivity (Wildman–Crippen MR) is 197 cm³/mol. The van der Waals surface area contributed by atoms with Crippen LogP contribution in [0.25, 0.3) is 11.1 Å². The van der Waals surface area contributed by atoms with Crippen molar-refractivity contribution in [2.24, 2.45) is 0 Å². The van der Waals surface area contributed by atoms with Crippen molar-refractivity contribution in [2.45, 2.75) is 64.9 Å². The number of hydrogen-bond donors (Lipinski definition) is 1. The molecule has 0 saturated carbocycles. The molecule has 3 heterocycles. The number of benzene rings is 3. The summed E-state index contributed by atoms with van der Waals surface area (Å²) < 4.78 is 18.9. The molecule has 8 nitrogen and oxygen atoms in total. The van der Waals surface area contributed by atoms with Crippen molar-refractivity contribution in [2.75, 3.05) is 39.3 Å². The quantitative estimate of drug-likeness (QED) is 0.131. The number of nitrogens with zero attached hydrogens (tertiary/aromatic N) is 4. The van der Waals surface area contributed by atoms with Crippen LogP contribution in [-0.2, 0) is 19.8 Å². The molecule has 2 aliphatic heterocycles. The lowest BCUT2D eigenvalue weighted by atomic mass is 9.98. The number of hydrogen-bond acceptors (Lipinski definition) is 8. The van der Waals surface area contributed by atoms with E-state index in [1.807, 2.05) is 42.5 Å². The Bertz CT molecular complexity index is 1810. The molecule has 0 radical (unpaired) electrons. The lowest BCUT2D eigenvalue weighted by Gasteiger charge is -2.27. The molecule has 0 spiro atoms. The molecular formula is C40H44Cl2N4O4. The largest absolute Gasteiger partial charge is 0.493 e. The third kappa shape index (κ3) is 9.28. The highest BCUT2D eigenvalue weighted by Gasteiger charge is 2.20. The van der Waals surface area contributed by atoms with Crippen molar-refractivity contribution in [1.82, 2.24) is 14.8 Å². The van der Waals surface area contributed by atoms with E-state index in [9.17, 15) is 10.4 Å². The Kier molecular flexibility index (Phi) is 12.5. The summed E-state index contributed by atoms with van der Waals surface area (Å²) in [5.74, 6) is 2.02. The molecule has 3 aromatic carbocycles. The van der Waals surface area contributed by atoms with Crippen LogP contribution in [-0.4, -0.2) is 65.3 Å². The Morgan fingerprint density at radius 3 is 2.46 bits per heavy atom. The second-order valence-electron chi connectivity index (χ2n) is 13.2. The van der Waals surface area contributed by atoms with Crippen LogP contribution in [0, 0.1) is 18.3 Å². The molecule has 1 unspecified atom stereocenters. The van der Waals surface area contributed by atoms with E-state index in [0.29, 0.717) is 33.7 Å². The van der Waals surface area contributed by atoms with Gasteiger partial charge in [-0.2, -0.15) is 5.26 Å². The van der Waals surface area contributed by atoms with Gasteiger partial charge in [-0.25, -0.2) is 0 Å². The predicted octanol–water partition coefficient (Wildman–Crippen LogP) is 8.21. The van der Waals surface area contributed by atoms with Crippen molar-refractivity contribution in [3.05, 3.63) is 105 Å². The highest BCUT2D eigenvalue weighted by atomic mass is 35.5. The van der Waals surface area contributed by atoms with E-state index in [-0.39, 0.29) is 19.3 Å². The van der Waals surface area contributed by atoms with Crippen LogP contribution in [0.1, 0.15) is 59.9 Å². The lowest BCUT2D eigenvalue weighted by Crippen LogP contribution is -2.29. The Morgan fingerprint density at radius 2 is 1.66 bits per heavy atom. The normalized spacial score (nSPS) is 16.7. The number of rotatable bonds is 14. The molecule has 4 aromatic rings. The fourth-order valence-electron chi connectivity index (χ4n) is 6.69. The Balaban J connectivity index is 1.16. The first-order valence-corrected chi connectivity index (χ1v) is 18.2. The molecule has 0 aliphatic carbocycles. The Hall–Kier alpha value is -3.84. The smallest absolute Gasteiger partial charge is 0.142 e. The van der Waals surface area contributed by atoms with Gasteiger partial charge in [0.1, 0.15) is 36.5 Å². The molecule has 1 N–H and O–H groups in total. The Labute approximate surface area is 305 Å². The number of nitriles is 1. The lowest BCUT2D eigenvalue weighted by molar-refractivity contribution is 0.173. The molecule has 0 amide bonds. The van der Waals surface area contributed by atoms with Crippen molar-refractivity contribution in [1.29, 1.82) is 5.26 Å². The molecule has 262 valence electrons. The van der Waals surface area contributed by atoms with Gasteiger partial charge < -0.3 is 24.2 Å². The van der Waals surface area contributed by atoms with Gasteiger partial charge in [0, 0.05) is 66.9 Å². The molecule has 10 heteroatoms. The van der Waals surface area contributed by atoms with Gasteiger partial charge in [-0.1, -0.05) is 60.0 Å².